The summed E-state index contributed by atoms with van der Waals surface area (Å²) in [6.07, 6.45) is 0. The Hall–Kier alpha value is -0.210. The van der Waals surface area contributed by atoms with Crippen LogP contribution in [0.15, 0.2) is 27.6 Å². The molecule has 0 aliphatic carbocycles. The van der Waals surface area contributed by atoms with Crippen LogP contribution < -0.4 is 0 Å². The number of ketones is 1. The van der Waals surface area contributed by atoms with Crippen LogP contribution in [-0.2, 0) is 10.8 Å². The molecule has 0 amide bonds. The molecule has 0 aromatic heterocycles. The van der Waals surface area contributed by atoms with Crippen LogP contribution >= 0.6 is 31.9 Å². The maximum absolute atomic E-state index is 12.3. The highest BCUT2D eigenvalue weighted by Gasteiger charge is 2.38. The number of benzene rings is 1. The van der Waals surface area contributed by atoms with Gasteiger partial charge in [0.2, 0.25) is 0 Å². The molecule has 0 bridgehead atoms. The summed E-state index contributed by atoms with van der Waals surface area (Å²) in [4.78, 5) is 10.9. The number of carbonyl (C=O) groups is 1. The van der Waals surface area contributed by atoms with E-state index >= 15 is 0 Å². The molecule has 0 aliphatic heterocycles. The van der Waals surface area contributed by atoms with Gasteiger partial charge in [0, 0.05) is 14.9 Å². The lowest BCUT2D eigenvalue weighted by Crippen LogP contribution is -2.16. The highest BCUT2D eigenvalue weighted by atomic mass is 79.9. The minimum absolute atomic E-state index is 0.0124. The summed E-state index contributed by atoms with van der Waals surface area (Å²) in [6, 6.07) is 3.44. The van der Waals surface area contributed by atoms with Crippen molar-refractivity contribution in [3.63, 3.8) is 0 Å². The molecule has 0 N–H and O–H groups in total. The minimum Gasteiger partial charge on any atom is -0.293 e. The van der Waals surface area contributed by atoms with Crippen molar-refractivity contribution >= 4 is 48.4 Å². The van der Waals surface area contributed by atoms with Crippen molar-refractivity contribution in [1.29, 1.82) is 0 Å². The van der Waals surface area contributed by atoms with E-state index in [1.165, 1.54) is 6.07 Å². The standard InChI is InChI=1S/C9H5Br2F3O2S/c10-4-8(15)5-1-6(11)3-7(2-5)17(16)9(12,13)14/h1-3H,4H2. The van der Waals surface area contributed by atoms with Crippen molar-refractivity contribution in [2.24, 2.45) is 0 Å². The second-order valence-electron chi connectivity index (χ2n) is 2.95. The summed E-state index contributed by atoms with van der Waals surface area (Å²) < 4.78 is 48.2. The van der Waals surface area contributed by atoms with E-state index in [2.05, 4.69) is 31.9 Å². The first-order chi connectivity index (χ1) is 7.75. The van der Waals surface area contributed by atoms with Crippen molar-refractivity contribution in [3.8, 4) is 0 Å². The predicted molar refractivity (Wildman–Crippen MR) is 64.7 cm³/mol. The van der Waals surface area contributed by atoms with Gasteiger partial charge in [0.15, 0.2) is 16.6 Å². The average Bonchev–Trinajstić information content (AvgIpc) is 2.24. The van der Waals surface area contributed by atoms with Gasteiger partial charge in [-0.2, -0.15) is 13.2 Å². The molecule has 0 heterocycles. The monoisotopic (exact) mass is 392 g/mol. The largest absolute Gasteiger partial charge is 0.475 e. The average molecular weight is 394 g/mol. The molecule has 0 fully saturated rings. The Kier molecular flexibility index (Phi) is 4.91. The van der Waals surface area contributed by atoms with Crippen LogP contribution in [0.4, 0.5) is 13.2 Å². The Morgan fingerprint density at radius 2 is 1.88 bits per heavy atom. The molecule has 8 heteroatoms. The van der Waals surface area contributed by atoms with E-state index in [1.807, 2.05) is 0 Å². The smallest absolute Gasteiger partial charge is 0.293 e. The molecular formula is C9H5Br2F3O2S. The molecule has 17 heavy (non-hydrogen) atoms. The van der Waals surface area contributed by atoms with Gasteiger partial charge in [0.25, 0.3) is 0 Å². The Bertz CT molecular complexity index is 474. The maximum Gasteiger partial charge on any atom is 0.475 e. The molecular weight excluding hydrogens is 389 g/mol. The number of carbonyl (C=O) groups excluding carboxylic acids is 1. The quantitative estimate of drug-likeness (QED) is 0.580. The van der Waals surface area contributed by atoms with Crippen LogP contribution in [0.25, 0.3) is 0 Å². The van der Waals surface area contributed by atoms with E-state index in [4.69, 9.17) is 0 Å². The zero-order valence-corrected chi connectivity index (χ0v) is 12.0. The van der Waals surface area contributed by atoms with Gasteiger partial charge >= 0.3 is 5.51 Å². The van der Waals surface area contributed by atoms with Gasteiger partial charge in [0.1, 0.15) is 0 Å². The molecule has 1 aromatic rings. The van der Waals surface area contributed by atoms with Gasteiger partial charge in [-0.3, -0.25) is 4.79 Å². The minimum atomic E-state index is -4.84. The highest BCUT2D eigenvalue weighted by Crippen LogP contribution is 2.29. The third-order valence-electron chi connectivity index (χ3n) is 1.74. The lowest BCUT2D eigenvalue weighted by atomic mass is 10.1. The van der Waals surface area contributed by atoms with E-state index in [0.717, 1.165) is 12.1 Å². The molecule has 94 valence electrons. The molecule has 0 saturated carbocycles. The molecule has 0 aliphatic rings. The number of rotatable bonds is 3. The van der Waals surface area contributed by atoms with E-state index in [1.54, 1.807) is 0 Å². The van der Waals surface area contributed by atoms with E-state index in [9.17, 15) is 22.2 Å². The molecule has 0 spiro atoms. The summed E-state index contributed by atoms with van der Waals surface area (Å²) in [7, 11) is -3.14. The molecule has 1 rings (SSSR count). The normalized spacial score (nSPS) is 13.5. The van der Waals surface area contributed by atoms with Crippen molar-refractivity contribution in [2.75, 3.05) is 5.33 Å². The fraction of sp³-hybridized carbons (Fsp3) is 0.222. The Labute approximate surface area is 114 Å². The molecule has 0 saturated heterocycles. The lowest BCUT2D eigenvalue weighted by Gasteiger charge is -2.08. The number of alkyl halides is 4. The van der Waals surface area contributed by atoms with Gasteiger partial charge in [-0.15, -0.1) is 0 Å². The molecule has 1 unspecified atom stereocenters. The van der Waals surface area contributed by atoms with E-state index < -0.39 is 21.2 Å². The summed E-state index contributed by atoms with van der Waals surface area (Å²) in [5.74, 6) is -0.383. The Morgan fingerprint density at radius 3 is 2.35 bits per heavy atom. The van der Waals surface area contributed by atoms with Crippen LogP contribution in [0.5, 0.6) is 0 Å². The van der Waals surface area contributed by atoms with Crippen molar-refractivity contribution in [1.82, 2.24) is 0 Å². The SMILES string of the molecule is O=C(CBr)c1cc(Br)cc(S(=O)C(F)(F)F)c1. The fourth-order valence-corrected chi connectivity index (χ4v) is 2.75. The first kappa shape index (κ1) is 14.8. The summed E-state index contributed by atoms with van der Waals surface area (Å²) >= 11 is 5.89. The predicted octanol–water partition coefficient (Wildman–Crippen LogP) is 3.65. The van der Waals surface area contributed by atoms with E-state index in [-0.39, 0.29) is 21.1 Å². The van der Waals surface area contributed by atoms with Crippen LogP contribution in [0.2, 0.25) is 0 Å². The number of halogens is 5. The molecule has 2 nitrogen and oxygen atoms in total. The molecule has 1 atom stereocenters. The zero-order chi connectivity index (χ0) is 13.2. The third kappa shape index (κ3) is 3.89. The number of Topliss-reactive ketones (excluding diaryl/α,β-unsaturated/α-hetero) is 1. The Morgan fingerprint density at radius 1 is 1.29 bits per heavy atom. The topological polar surface area (TPSA) is 34.1 Å². The van der Waals surface area contributed by atoms with Gasteiger partial charge in [0.05, 0.1) is 5.33 Å². The van der Waals surface area contributed by atoms with Crippen LogP contribution in [0, 0.1) is 0 Å². The van der Waals surface area contributed by atoms with Crippen LogP contribution in [0.3, 0.4) is 0 Å². The first-order valence-corrected chi connectivity index (χ1v) is 7.20. The van der Waals surface area contributed by atoms with Crippen molar-refractivity contribution in [2.45, 2.75) is 10.4 Å². The number of hydrogen-bond acceptors (Lipinski definition) is 2. The van der Waals surface area contributed by atoms with Crippen molar-refractivity contribution < 1.29 is 22.2 Å². The zero-order valence-electron chi connectivity index (χ0n) is 8.05. The fourth-order valence-electron chi connectivity index (χ4n) is 1.04. The van der Waals surface area contributed by atoms with Gasteiger partial charge in [-0.05, 0) is 18.2 Å². The number of hydrogen-bond donors (Lipinski definition) is 0. The second kappa shape index (κ2) is 5.62. The Balaban J connectivity index is 3.23. The van der Waals surface area contributed by atoms with Crippen molar-refractivity contribution in [3.05, 3.63) is 28.2 Å². The second-order valence-corrected chi connectivity index (χ2v) is 5.90. The maximum atomic E-state index is 12.3. The van der Waals surface area contributed by atoms with Gasteiger partial charge in [-0.1, -0.05) is 31.9 Å². The molecule has 1 aromatic carbocycles. The summed E-state index contributed by atoms with van der Waals surface area (Å²) in [6.45, 7) is 0. The molecule has 0 radical (unpaired) electrons. The highest BCUT2D eigenvalue weighted by molar-refractivity contribution is 9.10. The third-order valence-corrected chi connectivity index (χ3v) is 3.79. The first-order valence-electron chi connectivity index (χ1n) is 4.14. The van der Waals surface area contributed by atoms with Crippen LogP contribution in [0.1, 0.15) is 10.4 Å². The van der Waals surface area contributed by atoms with E-state index in [0.29, 0.717) is 0 Å². The van der Waals surface area contributed by atoms with Crippen LogP contribution in [-0.4, -0.2) is 20.8 Å². The van der Waals surface area contributed by atoms with Gasteiger partial charge in [-0.25, -0.2) is 4.21 Å². The summed E-state index contributed by atoms with van der Waals surface area (Å²) in [5, 5.41) is -0.0124. The van der Waals surface area contributed by atoms with Gasteiger partial charge < -0.3 is 0 Å². The lowest BCUT2D eigenvalue weighted by molar-refractivity contribution is -0.0384. The summed E-state index contributed by atoms with van der Waals surface area (Å²) in [5.41, 5.74) is -4.76.